The molecule has 2 atom stereocenters. The zero-order valence-electron chi connectivity index (χ0n) is 26.5. The summed E-state index contributed by atoms with van der Waals surface area (Å²) >= 11 is 0. The van der Waals surface area contributed by atoms with Crippen molar-refractivity contribution < 1.29 is 9.47 Å². The Morgan fingerprint density at radius 3 is 1.30 bits per heavy atom. The first-order chi connectivity index (χ1) is 23.2. The van der Waals surface area contributed by atoms with Gasteiger partial charge in [-0.1, -0.05) is 146 Å². The van der Waals surface area contributed by atoms with Crippen LogP contribution in [0.3, 0.4) is 0 Å². The minimum Gasteiger partial charge on any atom is -0.478 e. The average molecular weight is 615 g/mol. The highest BCUT2D eigenvalue weighted by Gasteiger charge is 2.49. The molecule has 2 aliphatic heterocycles. The van der Waals surface area contributed by atoms with E-state index in [1.807, 2.05) is 0 Å². The van der Waals surface area contributed by atoms with Gasteiger partial charge >= 0.3 is 0 Å². The number of nitrogens with zero attached hydrogens (tertiary/aromatic N) is 2. The van der Waals surface area contributed by atoms with Crippen LogP contribution in [0.4, 0.5) is 0 Å². The van der Waals surface area contributed by atoms with Crippen molar-refractivity contribution in [2.45, 2.75) is 37.8 Å². The largest absolute Gasteiger partial charge is 0.478 e. The Kier molecular flexibility index (Phi) is 8.00. The number of aliphatic imine (C=N–C) groups is 2. The summed E-state index contributed by atoms with van der Waals surface area (Å²) in [5.74, 6) is 1.47. The Morgan fingerprint density at radius 1 is 0.447 bits per heavy atom. The average Bonchev–Trinajstić information content (AvgIpc) is 3.79. The monoisotopic (exact) mass is 614 g/mol. The molecule has 0 saturated carbocycles. The normalized spacial score (nSPS) is 17.7. The Bertz CT molecular complexity index is 1920. The topological polar surface area (TPSA) is 43.2 Å². The summed E-state index contributed by atoms with van der Waals surface area (Å²) in [5, 5.41) is 4.89. The van der Waals surface area contributed by atoms with Gasteiger partial charge in [-0.05, 0) is 69.5 Å². The first-order valence-electron chi connectivity index (χ1n) is 16.7. The van der Waals surface area contributed by atoms with Gasteiger partial charge in [-0.25, -0.2) is 9.98 Å². The quantitative estimate of drug-likeness (QED) is 0.155. The van der Waals surface area contributed by atoms with Crippen molar-refractivity contribution >= 4 is 33.3 Å². The second kappa shape index (κ2) is 12.9. The molecule has 6 aromatic carbocycles. The van der Waals surface area contributed by atoms with Gasteiger partial charge in [0.15, 0.2) is 11.8 Å². The van der Waals surface area contributed by atoms with Crippen LogP contribution in [0, 0.1) is 5.41 Å². The van der Waals surface area contributed by atoms with Crippen LogP contribution in [0.25, 0.3) is 21.5 Å². The second-order valence-corrected chi connectivity index (χ2v) is 13.0. The molecule has 4 heteroatoms. The van der Waals surface area contributed by atoms with Crippen LogP contribution < -0.4 is 0 Å². The van der Waals surface area contributed by atoms with E-state index in [-0.39, 0.29) is 12.1 Å². The van der Waals surface area contributed by atoms with E-state index in [4.69, 9.17) is 19.5 Å². The van der Waals surface area contributed by atoms with Crippen LogP contribution in [-0.4, -0.2) is 37.1 Å². The number of hydrogen-bond donors (Lipinski definition) is 0. The summed E-state index contributed by atoms with van der Waals surface area (Å²) in [6.45, 7) is 1.09. The standard InChI is InChI=1S/C43H38N2O2/c1-3-11-31(12-4-1)25-39-29-46-41(44-39)43(27-33-19-21-35-15-7-9-17-37(35)23-33,28-34-20-22-36-16-8-10-18-38(36)24-34)42-45-40(30-47-42)26-32-13-5-2-6-14-32/h1-24,39-40H,25-30H2/t39-,40-/m0/s1. The van der Waals surface area contributed by atoms with E-state index < -0.39 is 5.41 Å². The van der Waals surface area contributed by atoms with Crippen molar-refractivity contribution in [1.29, 1.82) is 0 Å². The number of hydrogen-bond acceptors (Lipinski definition) is 4. The summed E-state index contributed by atoms with van der Waals surface area (Å²) in [6.07, 6.45) is 2.99. The van der Waals surface area contributed by atoms with E-state index >= 15 is 0 Å². The molecule has 0 bridgehead atoms. The Hall–Kier alpha value is -5.22. The molecule has 0 spiro atoms. The first-order valence-corrected chi connectivity index (χ1v) is 16.7. The molecule has 0 fully saturated rings. The third kappa shape index (κ3) is 6.29. The van der Waals surface area contributed by atoms with Gasteiger partial charge < -0.3 is 9.47 Å². The summed E-state index contributed by atoms with van der Waals surface area (Å²) < 4.78 is 13.4. The van der Waals surface area contributed by atoms with Gasteiger partial charge in [0.05, 0.1) is 12.1 Å². The highest BCUT2D eigenvalue weighted by molar-refractivity contribution is 6.07. The Morgan fingerprint density at radius 2 is 0.851 bits per heavy atom. The van der Waals surface area contributed by atoms with Crippen molar-refractivity contribution in [1.82, 2.24) is 0 Å². The first kappa shape index (κ1) is 29.2. The van der Waals surface area contributed by atoms with Crippen molar-refractivity contribution in [2.24, 2.45) is 15.4 Å². The molecule has 2 heterocycles. The molecule has 47 heavy (non-hydrogen) atoms. The van der Waals surface area contributed by atoms with Crippen LogP contribution in [0.1, 0.15) is 22.3 Å². The molecular weight excluding hydrogens is 576 g/mol. The van der Waals surface area contributed by atoms with Crippen LogP contribution in [0.15, 0.2) is 156 Å². The lowest BCUT2D eigenvalue weighted by Crippen LogP contribution is -2.44. The van der Waals surface area contributed by atoms with Gasteiger partial charge in [0, 0.05) is 0 Å². The molecular formula is C43H38N2O2. The summed E-state index contributed by atoms with van der Waals surface area (Å²) in [7, 11) is 0. The van der Waals surface area contributed by atoms with Crippen LogP contribution in [0.5, 0.6) is 0 Å². The Labute approximate surface area is 276 Å². The predicted octanol–water partition coefficient (Wildman–Crippen LogP) is 8.84. The maximum Gasteiger partial charge on any atom is 0.200 e. The molecule has 0 saturated heterocycles. The molecule has 0 aliphatic carbocycles. The lowest BCUT2D eigenvalue weighted by Gasteiger charge is -2.33. The van der Waals surface area contributed by atoms with Crippen LogP contribution in [0.2, 0.25) is 0 Å². The van der Waals surface area contributed by atoms with Crippen molar-refractivity contribution in [3.05, 3.63) is 168 Å². The maximum absolute atomic E-state index is 6.68. The number of rotatable bonds is 10. The fourth-order valence-corrected chi connectivity index (χ4v) is 7.19. The molecule has 0 N–H and O–H groups in total. The van der Waals surface area contributed by atoms with Gasteiger partial charge in [0.25, 0.3) is 0 Å². The lowest BCUT2D eigenvalue weighted by atomic mass is 9.75. The van der Waals surface area contributed by atoms with Gasteiger partial charge in [0.1, 0.15) is 18.6 Å². The van der Waals surface area contributed by atoms with E-state index in [2.05, 4.69) is 146 Å². The number of fused-ring (bicyclic) bond motifs is 2. The van der Waals surface area contributed by atoms with E-state index in [0.29, 0.717) is 26.1 Å². The number of benzene rings is 6. The lowest BCUT2D eigenvalue weighted by molar-refractivity contribution is 0.248. The fourth-order valence-electron chi connectivity index (χ4n) is 7.19. The molecule has 232 valence electrons. The second-order valence-electron chi connectivity index (χ2n) is 13.0. The van der Waals surface area contributed by atoms with Gasteiger partial charge in [-0.3, -0.25) is 0 Å². The molecule has 2 aliphatic rings. The van der Waals surface area contributed by atoms with E-state index in [1.54, 1.807) is 0 Å². The van der Waals surface area contributed by atoms with Crippen molar-refractivity contribution in [2.75, 3.05) is 13.2 Å². The summed E-state index contributed by atoms with van der Waals surface area (Å²) in [6, 6.07) is 51.8. The zero-order chi connectivity index (χ0) is 31.5. The van der Waals surface area contributed by atoms with Crippen molar-refractivity contribution in [3.8, 4) is 0 Å². The van der Waals surface area contributed by atoms with Gasteiger partial charge in [-0.2, -0.15) is 0 Å². The van der Waals surface area contributed by atoms with Gasteiger partial charge in [0.2, 0.25) is 0 Å². The third-order valence-corrected chi connectivity index (χ3v) is 9.51. The molecule has 6 aromatic rings. The molecule has 0 amide bonds. The predicted molar refractivity (Wildman–Crippen MR) is 192 cm³/mol. The minimum absolute atomic E-state index is 0.0297. The summed E-state index contributed by atoms with van der Waals surface area (Å²) in [5.41, 5.74) is 4.23. The molecule has 0 aromatic heterocycles. The minimum atomic E-state index is -0.707. The highest BCUT2D eigenvalue weighted by atomic mass is 16.5. The molecule has 4 nitrogen and oxygen atoms in total. The van der Waals surface area contributed by atoms with E-state index in [1.165, 1.54) is 43.8 Å². The Balaban J connectivity index is 1.24. The number of ether oxygens (including phenoxy) is 2. The molecule has 8 rings (SSSR count). The van der Waals surface area contributed by atoms with Crippen LogP contribution in [-0.2, 0) is 35.2 Å². The van der Waals surface area contributed by atoms with E-state index in [9.17, 15) is 0 Å². The summed E-state index contributed by atoms with van der Waals surface area (Å²) in [4.78, 5) is 10.7. The third-order valence-electron chi connectivity index (χ3n) is 9.51. The maximum atomic E-state index is 6.68. The SMILES string of the molecule is c1ccc(C[C@H]2COC(C(Cc3ccc4ccccc4c3)(Cc3ccc4ccccc4c3)C3=N[C@@H](Cc4ccccc4)CO3)=N2)cc1. The molecule has 0 unspecified atom stereocenters. The van der Waals surface area contributed by atoms with Crippen LogP contribution >= 0.6 is 0 Å². The van der Waals surface area contributed by atoms with Crippen molar-refractivity contribution in [3.63, 3.8) is 0 Å². The highest BCUT2D eigenvalue weighted by Crippen LogP contribution is 2.39. The smallest absolute Gasteiger partial charge is 0.200 e. The zero-order valence-corrected chi connectivity index (χ0v) is 26.5. The van der Waals surface area contributed by atoms with E-state index in [0.717, 1.165) is 24.6 Å². The molecule has 0 radical (unpaired) electrons. The fraction of sp³-hybridized carbons (Fsp3) is 0.209. The van der Waals surface area contributed by atoms with Gasteiger partial charge in [-0.15, -0.1) is 0 Å².